The van der Waals surface area contributed by atoms with Crippen LogP contribution in [0.5, 0.6) is 0 Å². The first-order chi connectivity index (χ1) is 5.86. The number of hydrogen-bond donors (Lipinski definition) is 0. The zero-order valence-electron chi connectivity index (χ0n) is 10.1. The highest BCUT2D eigenvalue weighted by Gasteiger charge is 2.39. The molecule has 0 heterocycles. The molecule has 0 bridgehead atoms. The predicted octanol–water partition coefficient (Wildman–Crippen LogP) is 4.64. The van der Waals surface area contributed by atoms with Crippen LogP contribution in [0.1, 0.15) is 66.7 Å². The van der Waals surface area contributed by atoms with Crippen molar-refractivity contribution in [1.29, 1.82) is 0 Å². The van der Waals surface area contributed by atoms with Gasteiger partial charge in [0.2, 0.25) is 0 Å². The quantitative estimate of drug-likeness (QED) is 0.554. The average molecular weight is 182 g/mol. The maximum absolute atomic E-state index is 2.46. The van der Waals surface area contributed by atoms with E-state index in [9.17, 15) is 0 Å². The molecular formula is C13H26. The molecule has 0 N–H and O–H groups in total. The zero-order valence-corrected chi connectivity index (χ0v) is 10.1. The Labute approximate surface area is 84.1 Å². The summed E-state index contributed by atoms with van der Waals surface area (Å²) in [5.74, 6) is 0.959. The Bertz CT molecular complexity index is 153. The van der Waals surface area contributed by atoms with Gasteiger partial charge in [-0.2, -0.15) is 0 Å². The van der Waals surface area contributed by atoms with Gasteiger partial charge in [0.25, 0.3) is 0 Å². The monoisotopic (exact) mass is 182 g/mol. The Hall–Kier alpha value is 0. The smallest absolute Gasteiger partial charge is 0.0277 e. The summed E-state index contributed by atoms with van der Waals surface area (Å²) in [5, 5.41) is 0. The zero-order chi connectivity index (χ0) is 10.1. The van der Waals surface area contributed by atoms with Crippen LogP contribution < -0.4 is 0 Å². The fourth-order valence-corrected chi connectivity index (χ4v) is 2.44. The van der Waals surface area contributed by atoms with Crippen molar-refractivity contribution in [2.24, 2.45) is 16.7 Å². The van der Waals surface area contributed by atoms with Crippen LogP contribution in [0.4, 0.5) is 0 Å². The molecule has 1 fully saturated rings. The molecule has 0 spiro atoms. The fourth-order valence-electron chi connectivity index (χ4n) is 2.44. The molecule has 0 nitrogen and oxygen atoms in total. The van der Waals surface area contributed by atoms with Crippen molar-refractivity contribution in [3.63, 3.8) is 0 Å². The minimum absolute atomic E-state index is 0.453. The second-order valence-electron chi connectivity index (χ2n) is 6.31. The third-order valence-electron chi connectivity index (χ3n) is 4.56. The summed E-state index contributed by atoms with van der Waals surface area (Å²) in [6.07, 6.45) is 7.32. The van der Waals surface area contributed by atoms with Gasteiger partial charge < -0.3 is 0 Å². The van der Waals surface area contributed by atoms with Crippen LogP contribution in [-0.2, 0) is 0 Å². The van der Waals surface area contributed by atoms with Crippen molar-refractivity contribution in [3.8, 4) is 0 Å². The summed E-state index contributed by atoms with van der Waals surface area (Å²) in [7, 11) is 0. The van der Waals surface area contributed by atoms with E-state index < -0.39 is 0 Å². The van der Waals surface area contributed by atoms with Crippen LogP contribution in [0, 0.1) is 16.7 Å². The van der Waals surface area contributed by atoms with Crippen LogP contribution >= 0.6 is 0 Å². The van der Waals surface area contributed by atoms with Gasteiger partial charge in [0.1, 0.15) is 0 Å². The molecule has 0 aromatic heterocycles. The van der Waals surface area contributed by atoms with Crippen LogP contribution in [0.15, 0.2) is 0 Å². The van der Waals surface area contributed by atoms with Crippen molar-refractivity contribution in [2.45, 2.75) is 66.7 Å². The minimum Gasteiger partial charge on any atom is -0.0597 e. The molecule has 13 heavy (non-hydrogen) atoms. The van der Waals surface area contributed by atoms with Gasteiger partial charge in [0, 0.05) is 0 Å². The van der Waals surface area contributed by atoms with E-state index in [1.807, 2.05) is 0 Å². The van der Waals surface area contributed by atoms with Gasteiger partial charge in [0.15, 0.2) is 0 Å². The average Bonchev–Trinajstić information content (AvgIpc) is 2.04. The number of hydrogen-bond acceptors (Lipinski definition) is 0. The molecule has 0 radical (unpaired) electrons. The number of rotatable bonds is 1. The first-order valence-corrected chi connectivity index (χ1v) is 5.86. The van der Waals surface area contributed by atoms with Gasteiger partial charge in [-0.05, 0) is 29.6 Å². The Morgan fingerprint density at radius 3 is 1.62 bits per heavy atom. The topological polar surface area (TPSA) is 0 Å². The summed E-state index contributed by atoms with van der Waals surface area (Å²) in [4.78, 5) is 0. The van der Waals surface area contributed by atoms with Crippen LogP contribution in [0.3, 0.4) is 0 Å². The lowest BCUT2D eigenvalue weighted by atomic mass is 9.59. The maximum atomic E-state index is 2.46. The molecule has 1 rings (SSSR count). The summed E-state index contributed by atoms with van der Waals surface area (Å²) < 4.78 is 0. The molecule has 0 heteroatoms. The predicted molar refractivity (Wildman–Crippen MR) is 59.8 cm³/mol. The van der Waals surface area contributed by atoms with Crippen LogP contribution in [-0.4, -0.2) is 0 Å². The third kappa shape index (κ3) is 2.27. The van der Waals surface area contributed by atoms with Crippen molar-refractivity contribution in [1.82, 2.24) is 0 Å². The van der Waals surface area contributed by atoms with E-state index in [2.05, 4.69) is 34.6 Å². The Morgan fingerprint density at radius 2 is 1.23 bits per heavy atom. The molecule has 0 aliphatic heterocycles. The molecular weight excluding hydrogens is 156 g/mol. The first-order valence-electron chi connectivity index (χ1n) is 5.86. The van der Waals surface area contributed by atoms with Gasteiger partial charge in [-0.1, -0.05) is 53.9 Å². The van der Waals surface area contributed by atoms with Crippen LogP contribution in [0.25, 0.3) is 0 Å². The van der Waals surface area contributed by atoms with Crippen molar-refractivity contribution in [3.05, 3.63) is 0 Å². The standard InChI is InChI=1S/C13H26/c1-12(2,3)13(4,5)11-9-7-6-8-10-11/h11H,6-10H2,1-5H3. The second-order valence-corrected chi connectivity index (χ2v) is 6.31. The maximum Gasteiger partial charge on any atom is -0.0277 e. The van der Waals surface area contributed by atoms with E-state index in [1.165, 1.54) is 32.1 Å². The molecule has 1 saturated carbocycles. The lowest BCUT2D eigenvalue weighted by molar-refractivity contribution is 0.0328. The summed E-state index contributed by atoms with van der Waals surface area (Å²) in [6, 6.07) is 0. The minimum atomic E-state index is 0.453. The highest BCUT2D eigenvalue weighted by molar-refractivity contribution is 4.89. The third-order valence-corrected chi connectivity index (χ3v) is 4.56. The molecule has 0 unspecified atom stereocenters. The molecule has 1 aliphatic carbocycles. The van der Waals surface area contributed by atoms with E-state index in [0.717, 1.165) is 5.92 Å². The molecule has 0 amide bonds. The van der Waals surface area contributed by atoms with Gasteiger partial charge >= 0.3 is 0 Å². The SMILES string of the molecule is CC(C)(C)C(C)(C)C1CCCCC1. The van der Waals surface area contributed by atoms with E-state index in [4.69, 9.17) is 0 Å². The van der Waals surface area contributed by atoms with E-state index in [0.29, 0.717) is 10.8 Å². The van der Waals surface area contributed by atoms with Crippen molar-refractivity contribution in [2.75, 3.05) is 0 Å². The van der Waals surface area contributed by atoms with Crippen molar-refractivity contribution >= 4 is 0 Å². The molecule has 1 aliphatic rings. The second kappa shape index (κ2) is 3.63. The van der Waals surface area contributed by atoms with E-state index in [1.54, 1.807) is 0 Å². The molecule has 0 atom stereocenters. The summed E-state index contributed by atoms with van der Waals surface area (Å²) >= 11 is 0. The normalized spacial score (nSPS) is 21.9. The Balaban J connectivity index is 2.67. The largest absolute Gasteiger partial charge is 0.0597 e. The van der Waals surface area contributed by atoms with Crippen LogP contribution in [0.2, 0.25) is 0 Å². The lowest BCUT2D eigenvalue weighted by Gasteiger charge is -2.46. The first kappa shape index (κ1) is 11.1. The van der Waals surface area contributed by atoms with Gasteiger partial charge in [-0.3, -0.25) is 0 Å². The fraction of sp³-hybridized carbons (Fsp3) is 1.00. The highest BCUT2D eigenvalue weighted by Crippen LogP contribution is 2.49. The lowest BCUT2D eigenvalue weighted by Crippen LogP contribution is -2.38. The Kier molecular flexibility index (Phi) is 3.09. The molecule has 0 aromatic rings. The van der Waals surface area contributed by atoms with E-state index in [-0.39, 0.29) is 0 Å². The van der Waals surface area contributed by atoms with Gasteiger partial charge in [-0.25, -0.2) is 0 Å². The van der Waals surface area contributed by atoms with Gasteiger partial charge in [0.05, 0.1) is 0 Å². The Morgan fingerprint density at radius 1 is 0.769 bits per heavy atom. The van der Waals surface area contributed by atoms with Gasteiger partial charge in [-0.15, -0.1) is 0 Å². The summed E-state index contributed by atoms with van der Waals surface area (Å²) in [6.45, 7) is 12.1. The molecule has 0 saturated heterocycles. The molecule has 0 aromatic carbocycles. The molecule has 78 valence electrons. The summed E-state index contributed by atoms with van der Waals surface area (Å²) in [5.41, 5.74) is 0.961. The van der Waals surface area contributed by atoms with Crippen molar-refractivity contribution < 1.29 is 0 Å². The highest BCUT2D eigenvalue weighted by atomic mass is 14.4. The van der Waals surface area contributed by atoms with E-state index >= 15 is 0 Å².